The molecule has 5 N–H and O–H groups in total. The highest BCUT2D eigenvalue weighted by Crippen LogP contribution is 2.17. The number of amides is 4. The number of carbonyl (C=O) groups is 6. The number of carboxylic acid groups (broad SMARTS) is 1. The van der Waals surface area contributed by atoms with Crippen LogP contribution in [0.3, 0.4) is 0 Å². The lowest BCUT2D eigenvalue weighted by Gasteiger charge is -2.28. The van der Waals surface area contributed by atoms with Gasteiger partial charge in [-0.3, -0.25) is 24.0 Å². The van der Waals surface area contributed by atoms with Crippen LogP contribution >= 0.6 is 11.3 Å². The van der Waals surface area contributed by atoms with Crippen LogP contribution in [0.4, 0.5) is 0 Å². The van der Waals surface area contributed by atoms with Gasteiger partial charge < -0.3 is 40.8 Å². The number of carbonyl (C=O) groups excluding carboxylic acids is 5. The van der Waals surface area contributed by atoms with E-state index < -0.39 is 54.3 Å². The Morgan fingerprint density at radius 2 is 1.46 bits per heavy atom. The number of aliphatic carboxylic acids is 1. The minimum absolute atomic E-state index is 0.0121. The molecule has 1 heterocycles. The summed E-state index contributed by atoms with van der Waals surface area (Å²) in [5, 5.41) is 22.6. The highest BCUT2D eigenvalue weighted by atomic mass is 32.1. The number of hydrogen-bond acceptors (Lipinski definition) is 9. The monoisotopic (exact) mass is 755 g/mol. The summed E-state index contributed by atoms with van der Waals surface area (Å²) < 4.78 is 5.64. The Labute approximate surface area is 318 Å². The van der Waals surface area contributed by atoms with Gasteiger partial charge in [-0.25, -0.2) is 0 Å². The molecule has 0 bridgehead atoms. The van der Waals surface area contributed by atoms with E-state index in [1.54, 1.807) is 55.6 Å². The number of carboxylic acids is 1. The molecule has 1 aromatic heterocycles. The molecule has 0 radical (unpaired) electrons. The molecule has 0 saturated heterocycles. The van der Waals surface area contributed by atoms with Gasteiger partial charge in [0.1, 0.15) is 30.7 Å². The van der Waals surface area contributed by atoms with E-state index in [1.165, 1.54) is 16.2 Å². The van der Waals surface area contributed by atoms with Crippen molar-refractivity contribution in [1.29, 1.82) is 0 Å². The van der Waals surface area contributed by atoms with Crippen LogP contribution in [0.1, 0.15) is 28.0 Å². The normalized spacial score (nSPS) is 12.4. The second-order valence-electron chi connectivity index (χ2n) is 12.5. The van der Waals surface area contributed by atoms with Crippen molar-refractivity contribution in [2.24, 2.45) is 0 Å². The molecule has 0 unspecified atom stereocenters. The van der Waals surface area contributed by atoms with Gasteiger partial charge in [-0.1, -0.05) is 78.9 Å². The number of hydrogen-bond donors (Lipinski definition) is 5. The fourth-order valence-corrected chi connectivity index (χ4v) is 6.40. The number of ether oxygens (including phenoxy) is 1. The van der Waals surface area contributed by atoms with E-state index in [-0.39, 0.29) is 32.5 Å². The van der Waals surface area contributed by atoms with Crippen LogP contribution in [0.25, 0.3) is 0 Å². The molecule has 0 aliphatic rings. The largest absolute Gasteiger partial charge is 0.484 e. The lowest BCUT2D eigenvalue weighted by Crippen LogP contribution is -2.56. The fraction of sp³-hybridized carbons (Fsp3) is 0.300. The molecule has 3 atom stereocenters. The number of likely N-dealkylation sites (N-methyl/N-ethyl adjacent to an activating group) is 1. The third kappa shape index (κ3) is 13.9. The van der Waals surface area contributed by atoms with Crippen molar-refractivity contribution >= 4 is 47.2 Å². The number of benzene rings is 3. The van der Waals surface area contributed by atoms with Crippen LogP contribution in [-0.4, -0.2) is 90.8 Å². The highest BCUT2D eigenvalue weighted by molar-refractivity contribution is 7.09. The number of aldehydes is 1. The summed E-state index contributed by atoms with van der Waals surface area (Å²) in [5.41, 5.74) is 2.27. The summed E-state index contributed by atoms with van der Waals surface area (Å²) in [4.78, 5) is 78.8. The van der Waals surface area contributed by atoms with E-state index in [2.05, 4.69) is 21.3 Å². The van der Waals surface area contributed by atoms with Crippen molar-refractivity contribution in [3.63, 3.8) is 0 Å². The van der Waals surface area contributed by atoms with Gasteiger partial charge in [0.05, 0.1) is 12.6 Å². The van der Waals surface area contributed by atoms with Gasteiger partial charge in [0.2, 0.25) is 17.7 Å². The second kappa shape index (κ2) is 21.6. The van der Waals surface area contributed by atoms with Gasteiger partial charge in [0, 0.05) is 24.3 Å². The Morgan fingerprint density at radius 1 is 0.778 bits per heavy atom. The third-order valence-corrected chi connectivity index (χ3v) is 9.17. The highest BCUT2D eigenvalue weighted by Gasteiger charge is 2.31. The molecule has 4 amide bonds. The maximum absolute atomic E-state index is 14.2. The number of nitrogens with one attached hydrogen (secondary N) is 4. The van der Waals surface area contributed by atoms with Crippen molar-refractivity contribution in [3.8, 4) is 5.75 Å². The Balaban J connectivity index is 1.50. The SMILES string of the molecule is CNCC(=O)N[C@H](CCc1ccccc1)C(=O)N[C@@H](Cc1ccc(OCC(=O)N[C@@H](C=O)Cc2cccs2)cc1)C(=O)N(CC(=O)O)Cc1ccccc1. The van der Waals surface area contributed by atoms with Crippen LogP contribution in [0.15, 0.2) is 102 Å². The van der Waals surface area contributed by atoms with E-state index in [0.29, 0.717) is 36.0 Å². The maximum atomic E-state index is 14.2. The quantitative estimate of drug-likeness (QED) is 0.0753. The number of rotatable bonds is 22. The standard InChI is InChI=1S/C40H45N5O8S/c1-41-23-36(47)43-34(19-16-28-9-4-2-5-10-28)39(51)44-35(40(52)45(25-38(49)50)24-30-11-6-3-7-12-30)21-29-14-17-32(18-15-29)53-27-37(48)42-31(26-46)22-33-13-8-20-54-33/h2-15,17-18,20,26,31,34-35,41H,16,19,21-25,27H2,1H3,(H,42,48)(H,43,47)(H,44,51)(H,49,50)/t31-,34-,35+/m1/s1. The van der Waals surface area contributed by atoms with Gasteiger partial charge in [0.15, 0.2) is 6.61 Å². The van der Waals surface area contributed by atoms with E-state index in [1.807, 2.05) is 53.9 Å². The molecular formula is C40H45N5O8S. The summed E-state index contributed by atoms with van der Waals surface area (Å²) in [6.45, 7) is -0.978. The molecule has 13 nitrogen and oxygen atoms in total. The van der Waals surface area contributed by atoms with Crippen molar-refractivity contribution < 1.29 is 38.6 Å². The van der Waals surface area contributed by atoms with Crippen LogP contribution in [0.2, 0.25) is 0 Å². The first-order valence-electron chi connectivity index (χ1n) is 17.4. The molecule has 3 aromatic carbocycles. The summed E-state index contributed by atoms with van der Waals surface area (Å²) in [5.74, 6) is -2.96. The first-order chi connectivity index (χ1) is 26.1. The Bertz CT molecular complexity index is 1810. The molecule has 14 heteroatoms. The lowest BCUT2D eigenvalue weighted by molar-refractivity contribution is -0.146. The van der Waals surface area contributed by atoms with Gasteiger partial charge in [0.25, 0.3) is 5.91 Å². The molecule has 4 rings (SSSR count). The number of aryl methyl sites for hydroxylation is 1. The third-order valence-electron chi connectivity index (χ3n) is 8.27. The number of nitrogens with zero attached hydrogens (tertiary/aromatic N) is 1. The Hall–Kier alpha value is -5.86. The Kier molecular flexibility index (Phi) is 16.4. The van der Waals surface area contributed by atoms with Crippen molar-refractivity contribution in [2.45, 2.75) is 50.4 Å². The molecule has 4 aromatic rings. The molecule has 0 fully saturated rings. The average molecular weight is 756 g/mol. The lowest BCUT2D eigenvalue weighted by atomic mass is 10.0. The molecule has 0 spiro atoms. The fourth-order valence-electron chi connectivity index (χ4n) is 5.64. The minimum Gasteiger partial charge on any atom is -0.484 e. The van der Waals surface area contributed by atoms with Crippen LogP contribution in [-0.2, 0) is 54.6 Å². The topological polar surface area (TPSA) is 183 Å². The van der Waals surface area contributed by atoms with E-state index in [4.69, 9.17) is 4.74 Å². The van der Waals surface area contributed by atoms with E-state index in [0.717, 1.165) is 10.4 Å². The maximum Gasteiger partial charge on any atom is 0.323 e. The summed E-state index contributed by atoms with van der Waals surface area (Å²) >= 11 is 1.49. The van der Waals surface area contributed by atoms with Crippen molar-refractivity contribution in [3.05, 3.63) is 124 Å². The molecule has 0 aliphatic heterocycles. The van der Waals surface area contributed by atoms with Crippen molar-refractivity contribution in [1.82, 2.24) is 26.2 Å². The van der Waals surface area contributed by atoms with Crippen molar-refractivity contribution in [2.75, 3.05) is 26.7 Å². The summed E-state index contributed by atoms with van der Waals surface area (Å²) in [7, 11) is 1.61. The summed E-state index contributed by atoms with van der Waals surface area (Å²) in [6.07, 6.45) is 1.76. The van der Waals surface area contributed by atoms with Gasteiger partial charge in [-0.15, -0.1) is 11.3 Å². The zero-order valence-corrected chi connectivity index (χ0v) is 30.8. The zero-order valence-electron chi connectivity index (χ0n) is 29.9. The van der Waals surface area contributed by atoms with Gasteiger partial charge >= 0.3 is 5.97 Å². The first-order valence-corrected chi connectivity index (χ1v) is 18.3. The second-order valence-corrected chi connectivity index (χ2v) is 13.6. The van der Waals surface area contributed by atoms with Crippen LogP contribution in [0, 0.1) is 0 Å². The zero-order chi connectivity index (χ0) is 38.7. The van der Waals surface area contributed by atoms with Gasteiger partial charge in [-0.2, -0.15) is 0 Å². The molecule has 54 heavy (non-hydrogen) atoms. The number of thiophene rings is 1. The minimum atomic E-state index is -1.22. The predicted molar refractivity (Wildman–Crippen MR) is 204 cm³/mol. The van der Waals surface area contributed by atoms with Crippen LogP contribution < -0.4 is 26.0 Å². The summed E-state index contributed by atoms with van der Waals surface area (Å²) in [6, 6.07) is 25.8. The molecule has 0 aliphatic carbocycles. The first kappa shape index (κ1) is 40.9. The molecule has 284 valence electrons. The molecule has 0 saturated carbocycles. The van der Waals surface area contributed by atoms with Gasteiger partial charge in [-0.05, 0) is 60.2 Å². The average Bonchev–Trinajstić information content (AvgIpc) is 3.69. The van der Waals surface area contributed by atoms with Crippen LogP contribution in [0.5, 0.6) is 5.75 Å². The molecular weight excluding hydrogens is 711 g/mol. The predicted octanol–water partition coefficient (Wildman–Crippen LogP) is 2.53. The smallest absolute Gasteiger partial charge is 0.323 e. The van der Waals surface area contributed by atoms with E-state index in [9.17, 15) is 33.9 Å². The Morgan fingerprint density at radius 3 is 2.07 bits per heavy atom. The van der Waals surface area contributed by atoms with E-state index >= 15 is 0 Å².